The zero-order valence-electron chi connectivity index (χ0n) is 6.00. The minimum atomic E-state index is 0.226. The first-order chi connectivity index (χ1) is 4.31. The largest absolute Gasteiger partial charge is 0.399 e. The second-order valence-corrected chi connectivity index (χ2v) is 1.87. The Morgan fingerprint density at radius 2 is 2.44 bits per heavy atom. The molecular formula is C6H14N2O. The third kappa shape index (κ3) is 5.30. The van der Waals surface area contributed by atoms with Crippen LogP contribution < -0.4 is 5.73 Å². The molecule has 0 aromatic carbocycles. The second-order valence-electron chi connectivity index (χ2n) is 1.87. The molecule has 0 amide bonds. The highest BCUT2D eigenvalue weighted by Gasteiger charge is 1.93. The Hall–Kier alpha value is -0.570. The van der Waals surface area contributed by atoms with E-state index in [0.717, 1.165) is 12.8 Å². The maximum atomic E-state index is 5.57. The summed E-state index contributed by atoms with van der Waals surface area (Å²) in [5.74, 6) is 0. The Balaban J connectivity index is 3.15. The molecule has 9 heavy (non-hydrogen) atoms. The molecule has 0 spiro atoms. The van der Waals surface area contributed by atoms with E-state index in [1.807, 2.05) is 6.92 Å². The van der Waals surface area contributed by atoms with Gasteiger partial charge in [-0.25, -0.2) is 0 Å². The molecule has 0 saturated carbocycles. The number of hydrogen-bond acceptors (Lipinski definition) is 3. The van der Waals surface area contributed by atoms with E-state index in [0.29, 0.717) is 0 Å². The van der Waals surface area contributed by atoms with Gasteiger partial charge in [0.25, 0.3) is 0 Å². The average molecular weight is 130 g/mol. The van der Waals surface area contributed by atoms with Crippen LogP contribution in [-0.2, 0) is 4.84 Å². The molecule has 0 aromatic rings. The highest BCUT2D eigenvalue weighted by atomic mass is 16.6. The third-order valence-corrected chi connectivity index (χ3v) is 1.11. The van der Waals surface area contributed by atoms with Crippen molar-refractivity contribution in [3.05, 3.63) is 0 Å². The van der Waals surface area contributed by atoms with E-state index < -0.39 is 0 Å². The van der Waals surface area contributed by atoms with Gasteiger partial charge in [-0.2, -0.15) is 0 Å². The van der Waals surface area contributed by atoms with Gasteiger partial charge in [-0.1, -0.05) is 12.1 Å². The quantitative estimate of drug-likeness (QED) is 0.451. The molecule has 2 N–H and O–H groups in total. The summed E-state index contributed by atoms with van der Waals surface area (Å²) < 4.78 is 0. The van der Waals surface area contributed by atoms with E-state index >= 15 is 0 Å². The van der Waals surface area contributed by atoms with Gasteiger partial charge in [0.1, 0.15) is 7.11 Å². The monoisotopic (exact) mass is 130 g/mol. The van der Waals surface area contributed by atoms with Crippen LogP contribution in [0.3, 0.4) is 0 Å². The normalized spacial score (nSPS) is 14.1. The molecule has 3 heteroatoms. The van der Waals surface area contributed by atoms with Gasteiger partial charge in [-0.15, -0.1) is 0 Å². The van der Waals surface area contributed by atoms with Gasteiger partial charge in [0.15, 0.2) is 0 Å². The van der Waals surface area contributed by atoms with Gasteiger partial charge < -0.3 is 10.6 Å². The maximum absolute atomic E-state index is 5.57. The Labute approximate surface area is 55.9 Å². The van der Waals surface area contributed by atoms with Crippen molar-refractivity contribution in [2.75, 3.05) is 7.11 Å². The van der Waals surface area contributed by atoms with Crippen molar-refractivity contribution in [3.8, 4) is 0 Å². The number of rotatable bonds is 4. The average Bonchev–Trinajstić information content (AvgIpc) is 1.89. The lowest BCUT2D eigenvalue weighted by Gasteiger charge is -2.01. The zero-order valence-corrected chi connectivity index (χ0v) is 6.00. The minimum absolute atomic E-state index is 0.226. The van der Waals surface area contributed by atoms with Gasteiger partial charge in [-0.3, -0.25) is 0 Å². The Morgan fingerprint density at radius 3 is 2.89 bits per heavy atom. The minimum Gasteiger partial charge on any atom is -0.399 e. The van der Waals surface area contributed by atoms with E-state index in [1.54, 1.807) is 6.21 Å². The van der Waals surface area contributed by atoms with Gasteiger partial charge in [0, 0.05) is 18.7 Å². The predicted octanol–water partition coefficient (Wildman–Crippen LogP) is 0.746. The van der Waals surface area contributed by atoms with E-state index in [1.165, 1.54) is 7.11 Å². The molecule has 0 saturated heterocycles. The van der Waals surface area contributed by atoms with Crippen molar-refractivity contribution in [1.29, 1.82) is 0 Å². The molecule has 0 radical (unpaired) electrons. The van der Waals surface area contributed by atoms with Gasteiger partial charge in [0.05, 0.1) is 0 Å². The molecule has 0 aliphatic rings. The van der Waals surface area contributed by atoms with Crippen LogP contribution >= 0.6 is 0 Å². The van der Waals surface area contributed by atoms with Crippen molar-refractivity contribution in [2.24, 2.45) is 10.9 Å². The molecule has 0 heterocycles. The van der Waals surface area contributed by atoms with Crippen molar-refractivity contribution in [2.45, 2.75) is 25.8 Å². The van der Waals surface area contributed by atoms with E-state index in [2.05, 4.69) is 9.99 Å². The van der Waals surface area contributed by atoms with Crippen molar-refractivity contribution in [3.63, 3.8) is 0 Å². The topological polar surface area (TPSA) is 47.6 Å². The summed E-state index contributed by atoms with van der Waals surface area (Å²) in [6.07, 6.45) is 3.47. The fourth-order valence-corrected chi connectivity index (χ4v) is 0.420. The van der Waals surface area contributed by atoms with Crippen LogP contribution in [0.2, 0.25) is 0 Å². The summed E-state index contributed by atoms with van der Waals surface area (Å²) in [6.45, 7) is 2.05. The van der Waals surface area contributed by atoms with Gasteiger partial charge in [0.2, 0.25) is 0 Å². The lowest BCUT2D eigenvalue weighted by atomic mass is 10.2. The Morgan fingerprint density at radius 1 is 1.78 bits per heavy atom. The van der Waals surface area contributed by atoms with Crippen molar-refractivity contribution < 1.29 is 4.84 Å². The van der Waals surface area contributed by atoms with Gasteiger partial charge >= 0.3 is 0 Å². The molecule has 0 aromatic heterocycles. The van der Waals surface area contributed by atoms with Crippen molar-refractivity contribution in [1.82, 2.24) is 0 Å². The van der Waals surface area contributed by atoms with E-state index in [4.69, 9.17) is 5.73 Å². The first-order valence-corrected chi connectivity index (χ1v) is 3.11. The first kappa shape index (κ1) is 8.43. The van der Waals surface area contributed by atoms with Crippen LogP contribution in [0.15, 0.2) is 5.16 Å². The molecule has 0 rings (SSSR count). The van der Waals surface area contributed by atoms with Crippen LogP contribution in [-0.4, -0.2) is 19.4 Å². The van der Waals surface area contributed by atoms with E-state index in [9.17, 15) is 0 Å². The number of nitrogens with two attached hydrogens (primary N) is 1. The molecule has 0 aliphatic heterocycles. The summed E-state index contributed by atoms with van der Waals surface area (Å²) in [5.41, 5.74) is 5.57. The Kier molecular flexibility index (Phi) is 5.21. The number of hydrogen-bond donors (Lipinski definition) is 1. The number of oxime groups is 1. The molecular weight excluding hydrogens is 116 g/mol. The standard InChI is InChI=1S/C6H14N2O/c1-3-6(7)4-5-8-9-2/h5-6H,3-4,7H2,1-2H3/b8-5-. The molecule has 1 unspecified atom stereocenters. The molecule has 1 atom stereocenters. The lowest BCUT2D eigenvalue weighted by Crippen LogP contribution is -2.18. The van der Waals surface area contributed by atoms with Crippen molar-refractivity contribution >= 4 is 6.21 Å². The highest BCUT2D eigenvalue weighted by molar-refractivity contribution is 5.57. The summed E-state index contributed by atoms with van der Waals surface area (Å²) in [5, 5.41) is 3.55. The summed E-state index contributed by atoms with van der Waals surface area (Å²) in [4.78, 5) is 4.45. The van der Waals surface area contributed by atoms with Crippen LogP contribution in [0, 0.1) is 0 Å². The second kappa shape index (κ2) is 5.56. The fraction of sp³-hybridized carbons (Fsp3) is 0.833. The summed E-state index contributed by atoms with van der Waals surface area (Å²) in [7, 11) is 1.52. The van der Waals surface area contributed by atoms with Crippen LogP contribution in [0.1, 0.15) is 19.8 Å². The van der Waals surface area contributed by atoms with E-state index in [-0.39, 0.29) is 6.04 Å². The zero-order chi connectivity index (χ0) is 7.11. The lowest BCUT2D eigenvalue weighted by molar-refractivity contribution is 0.214. The molecule has 0 bridgehead atoms. The fourth-order valence-electron chi connectivity index (χ4n) is 0.420. The van der Waals surface area contributed by atoms with Crippen LogP contribution in [0.25, 0.3) is 0 Å². The highest BCUT2D eigenvalue weighted by Crippen LogP contribution is 1.88. The maximum Gasteiger partial charge on any atom is 0.106 e. The molecule has 0 fully saturated rings. The first-order valence-electron chi connectivity index (χ1n) is 3.11. The van der Waals surface area contributed by atoms with Crippen LogP contribution in [0.4, 0.5) is 0 Å². The number of nitrogens with zero attached hydrogens (tertiary/aromatic N) is 1. The third-order valence-electron chi connectivity index (χ3n) is 1.11. The van der Waals surface area contributed by atoms with Gasteiger partial charge in [-0.05, 0) is 6.42 Å². The molecule has 54 valence electrons. The molecule has 0 aliphatic carbocycles. The molecule has 3 nitrogen and oxygen atoms in total. The summed E-state index contributed by atoms with van der Waals surface area (Å²) >= 11 is 0. The van der Waals surface area contributed by atoms with Crippen LogP contribution in [0.5, 0.6) is 0 Å². The SMILES string of the molecule is CCC(N)C/C=N\OC. The smallest absolute Gasteiger partial charge is 0.106 e. The Bertz CT molecular complexity index is 83.1. The summed E-state index contributed by atoms with van der Waals surface area (Å²) in [6, 6.07) is 0.226. The predicted molar refractivity (Wildman–Crippen MR) is 38.4 cm³/mol.